The fourth-order valence-electron chi connectivity index (χ4n) is 9.03. The Morgan fingerprint density at radius 1 is 0.662 bits per heavy atom. The van der Waals surface area contributed by atoms with Gasteiger partial charge in [0.15, 0.2) is 0 Å². The Bertz CT molecular complexity index is 3340. The molecule has 65 heavy (non-hydrogen) atoms. The van der Waals surface area contributed by atoms with E-state index in [2.05, 4.69) is 180 Å². The molecule has 4 nitrogen and oxygen atoms in total. The zero-order valence-corrected chi connectivity index (χ0v) is 42.9. The topological polar surface area (TPSA) is 43.9 Å². The molecule has 0 N–H and O–H groups in total. The van der Waals surface area contributed by atoms with Crippen molar-refractivity contribution in [3.05, 3.63) is 168 Å². The number of aromatic nitrogens is 3. The maximum Gasteiger partial charge on any atom is 0.121 e. The summed E-state index contributed by atoms with van der Waals surface area (Å²) >= 11 is 0. The maximum absolute atomic E-state index is 9.20. The molecule has 3 aromatic heterocycles. The smallest absolute Gasteiger partial charge is 0.121 e. The van der Waals surface area contributed by atoms with Crippen molar-refractivity contribution in [3.63, 3.8) is 0 Å². The molecule has 0 aliphatic heterocycles. The average molecular weight is 1050 g/mol. The van der Waals surface area contributed by atoms with Crippen LogP contribution in [0.4, 0.5) is 0 Å². The summed E-state index contributed by atoms with van der Waals surface area (Å²) in [4.78, 5) is 9.87. The van der Waals surface area contributed by atoms with Gasteiger partial charge in [-0.3, -0.25) is 4.98 Å². The predicted molar refractivity (Wildman–Crippen MR) is 275 cm³/mol. The van der Waals surface area contributed by atoms with Crippen LogP contribution in [0.3, 0.4) is 0 Å². The van der Waals surface area contributed by atoms with Crippen molar-refractivity contribution >= 4 is 67.8 Å². The molecular formula is C59H59IrN3OSi-2. The summed E-state index contributed by atoms with van der Waals surface area (Å²) in [7, 11) is -1.23. The van der Waals surface area contributed by atoms with Crippen molar-refractivity contribution in [1.82, 2.24) is 14.5 Å². The van der Waals surface area contributed by atoms with Gasteiger partial charge < -0.3 is 14.0 Å². The molecule has 0 atom stereocenters. The summed E-state index contributed by atoms with van der Waals surface area (Å²) in [5, 5.41) is 8.07. The van der Waals surface area contributed by atoms with Crippen LogP contribution in [0, 0.1) is 12.1 Å². The zero-order chi connectivity index (χ0) is 45.9. The van der Waals surface area contributed by atoms with Gasteiger partial charge in [0.2, 0.25) is 0 Å². The molecule has 6 heteroatoms. The number of benzene rings is 7. The predicted octanol–water partition coefficient (Wildman–Crippen LogP) is 16.3. The van der Waals surface area contributed by atoms with Gasteiger partial charge in [0.05, 0.1) is 30.5 Å². The first kappa shape index (κ1) is 44.5. The van der Waals surface area contributed by atoms with Crippen LogP contribution in [0.5, 0.6) is 0 Å². The summed E-state index contributed by atoms with van der Waals surface area (Å²) in [5.74, 6) is 0.939. The Kier molecular flexibility index (Phi) is 12.6. The molecule has 0 aliphatic rings. The molecule has 0 fully saturated rings. The largest absolute Gasteiger partial charge is 0.501 e. The van der Waals surface area contributed by atoms with Crippen LogP contribution < -0.4 is 5.19 Å². The van der Waals surface area contributed by atoms with Gasteiger partial charge in [0, 0.05) is 38.7 Å². The number of para-hydroxylation sites is 2. The van der Waals surface area contributed by atoms with Crippen LogP contribution >= 0.6 is 0 Å². The van der Waals surface area contributed by atoms with E-state index in [1.54, 1.807) is 0 Å². The van der Waals surface area contributed by atoms with E-state index in [0.717, 1.165) is 72.0 Å². The number of pyridine rings is 1. The second-order valence-corrected chi connectivity index (χ2v) is 24.5. The Morgan fingerprint density at radius 3 is 2.00 bits per heavy atom. The van der Waals surface area contributed by atoms with Gasteiger partial charge in [-0.15, -0.1) is 53.6 Å². The summed E-state index contributed by atoms with van der Waals surface area (Å²) < 4.78 is 18.5. The van der Waals surface area contributed by atoms with Crippen molar-refractivity contribution in [2.75, 3.05) is 0 Å². The van der Waals surface area contributed by atoms with E-state index >= 15 is 0 Å². The van der Waals surface area contributed by atoms with E-state index in [4.69, 9.17) is 9.40 Å². The number of furan rings is 1. The fraction of sp³-hybridized carbons (Fsp3) is 0.254. The molecule has 0 amide bonds. The Balaban J connectivity index is 0.000000295. The summed E-state index contributed by atoms with van der Waals surface area (Å²) in [6.07, 6.45) is 2.02. The fourth-order valence-corrected chi connectivity index (χ4v) is 10.1. The zero-order valence-electron chi connectivity index (χ0n) is 40.5. The van der Waals surface area contributed by atoms with Crippen molar-refractivity contribution in [3.8, 4) is 28.3 Å². The van der Waals surface area contributed by atoms with Gasteiger partial charge in [0.1, 0.15) is 5.58 Å². The molecule has 10 aromatic rings. The van der Waals surface area contributed by atoms with Crippen LogP contribution in [0.25, 0.3) is 82.8 Å². The van der Waals surface area contributed by atoms with Crippen LogP contribution in [0.1, 0.15) is 103 Å². The standard InChI is InChI=1S/C45H43N2O.C14H16NSi.Ir/c1-25(2)31-22-35(27(5)6)43(36(23-31)28(7)8)47-40-16-12-11-15-39(40)46-45(47)34-20-19-32(26(3)4)42-38-21-30-18-17-29-13-9-10-14-33(29)37(30)24-41(38)48-44(34)42;1-16(2,3)13-9-10-14(15-11-13)12-7-5-4-6-8-12;/h9-19,21-28H,1-8H3;4-7,9-11H,1-3H3;/q2*-1;/i26D;;. The quantitative estimate of drug-likeness (QED) is 0.0865. The molecule has 0 aliphatic carbocycles. The van der Waals surface area contributed by atoms with Gasteiger partial charge in [-0.25, -0.2) is 0 Å². The number of imidazole rings is 1. The van der Waals surface area contributed by atoms with Gasteiger partial charge in [-0.2, -0.15) is 0 Å². The van der Waals surface area contributed by atoms with Gasteiger partial charge in [-0.1, -0.05) is 165 Å². The van der Waals surface area contributed by atoms with Gasteiger partial charge in [-0.05, 0) is 91.1 Å². The van der Waals surface area contributed by atoms with E-state index in [1.807, 2.05) is 50.4 Å². The van der Waals surface area contributed by atoms with Crippen LogP contribution in [0.2, 0.25) is 19.6 Å². The molecule has 331 valence electrons. The first-order chi connectivity index (χ1) is 31.0. The third kappa shape index (κ3) is 8.65. The van der Waals surface area contributed by atoms with Crippen molar-refractivity contribution in [2.45, 2.75) is 98.7 Å². The van der Waals surface area contributed by atoms with Crippen LogP contribution in [0.15, 0.2) is 138 Å². The molecule has 0 saturated carbocycles. The van der Waals surface area contributed by atoms with E-state index in [-0.39, 0.29) is 20.1 Å². The Hall–Kier alpha value is -5.65. The second kappa shape index (κ2) is 18.3. The molecule has 0 saturated heterocycles. The molecular weight excluding hydrogens is 987 g/mol. The normalized spacial score (nSPS) is 12.4. The first-order valence-corrected chi connectivity index (χ1v) is 26.3. The minimum atomic E-state index is -1.23. The van der Waals surface area contributed by atoms with Crippen molar-refractivity contribution < 1.29 is 25.9 Å². The minimum Gasteiger partial charge on any atom is -0.501 e. The second-order valence-electron chi connectivity index (χ2n) is 19.5. The van der Waals surface area contributed by atoms with E-state index in [9.17, 15) is 1.37 Å². The number of hydrogen-bond acceptors (Lipinski definition) is 3. The van der Waals surface area contributed by atoms with Crippen molar-refractivity contribution in [1.29, 1.82) is 0 Å². The number of fused-ring (bicyclic) bond motifs is 7. The minimum absolute atomic E-state index is 0. The van der Waals surface area contributed by atoms with Crippen LogP contribution in [-0.4, -0.2) is 22.6 Å². The number of hydrogen-bond donors (Lipinski definition) is 0. The van der Waals surface area contributed by atoms with Gasteiger partial charge >= 0.3 is 0 Å². The number of rotatable bonds is 8. The molecule has 10 rings (SSSR count). The Morgan fingerprint density at radius 2 is 1.35 bits per heavy atom. The first-order valence-electron chi connectivity index (χ1n) is 23.3. The van der Waals surface area contributed by atoms with Crippen molar-refractivity contribution in [2.24, 2.45) is 0 Å². The average Bonchev–Trinajstić information content (AvgIpc) is 3.86. The molecule has 0 unspecified atom stereocenters. The molecule has 7 aromatic carbocycles. The third-order valence-corrected chi connectivity index (χ3v) is 14.7. The summed E-state index contributed by atoms with van der Waals surface area (Å²) in [6.45, 7) is 24.6. The molecule has 1 radical (unpaired) electrons. The molecule has 0 bridgehead atoms. The number of nitrogens with zero attached hydrogens (tertiary/aromatic N) is 3. The maximum atomic E-state index is 9.20. The van der Waals surface area contributed by atoms with Gasteiger partial charge in [0.25, 0.3) is 0 Å². The van der Waals surface area contributed by atoms with E-state index < -0.39 is 14.0 Å². The van der Waals surface area contributed by atoms with E-state index in [0.29, 0.717) is 17.8 Å². The molecule has 0 spiro atoms. The Labute approximate surface area is 400 Å². The molecule has 3 heterocycles. The van der Waals surface area contributed by atoms with E-state index in [1.165, 1.54) is 38.3 Å². The third-order valence-electron chi connectivity index (χ3n) is 12.7. The summed E-state index contributed by atoms with van der Waals surface area (Å²) in [5.41, 5.74) is 12.4. The monoisotopic (exact) mass is 1050 g/mol. The SMILES string of the molecule is C[Si](C)(C)c1ccc(-c2[c-]cccc2)nc1.[2H]C(C)(C)c1c[c-]c(-c2nc3ccccc3n2-c2c(C(C)C)cc(C(C)C)cc2C(C)C)c2oc3cc4c(ccc5ccccc54)cc3c12.[Ir]. The van der Waals surface area contributed by atoms with Crippen LogP contribution in [-0.2, 0) is 20.1 Å². The summed E-state index contributed by atoms with van der Waals surface area (Å²) in [6, 6.07) is 51.6.